The van der Waals surface area contributed by atoms with Crippen LogP contribution in [0.15, 0.2) is 68.9 Å². The van der Waals surface area contributed by atoms with Gasteiger partial charge in [0.05, 0.1) is 17.9 Å². The van der Waals surface area contributed by atoms with Gasteiger partial charge < -0.3 is 13.6 Å². The Morgan fingerprint density at radius 1 is 1.07 bits per heavy atom. The van der Waals surface area contributed by atoms with Crippen molar-refractivity contribution in [1.82, 2.24) is 15.2 Å². The first-order valence-corrected chi connectivity index (χ1v) is 9.60. The van der Waals surface area contributed by atoms with E-state index in [0.717, 1.165) is 5.56 Å². The van der Waals surface area contributed by atoms with E-state index >= 15 is 0 Å². The largest absolute Gasteiger partial charge is 0.493 e. The Morgan fingerprint density at radius 3 is 2.82 bits per heavy atom. The molecule has 0 saturated heterocycles. The summed E-state index contributed by atoms with van der Waals surface area (Å²) in [6, 6.07) is 13.6. The topological polar surface area (TPSA) is 74.2 Å². The molecule has 4 rings (SSSR count). The summed E-state index contributed by atoms with van der Waals surface area (Å²) in [6.45, 7) is 2.47. The summed E-state index contributed by atoms with van der Waals surface area (Å²) in [4.78, 5) is 4.38. The lowest BCUT2D eigenvalue weighted by Gasteiger charge is -2.05. The van der Waals surface area contributed by atoms with Crippen LogP contribution >= 0.6 is 11.8 Å². The Balaban J connectivity index is 1.44. The number of thioether (sulfide) groups is 1. The second kappa shape index (κ2) is 8.26. The number of rotatable bonds is 7. The average Bonchev–Trinajstić information content (AvgIpc) is 3.37. The van der Waals surface area contributed by atoms with Gasteiger partial charge in [0.25, 0.3) is 11.1 Å². The van der Waals surface area contributed by atoms with Crippen molar-refractivity contribution in [1.29, 1.82) is 0 Å². The molecule has 0 saturated carbocycles. The molecule has 0 amide bonds. The number of aromatic nitrogens is 3. The van der Waals surface area contributed by atoms with Crippen LogP contribution in [0.1, 0.15) is 12.6 Å². The smallest absolute Gasteiger partial charge is 0.277 e. The molecule has 0 atom stereocenters. The van der Waals surface area contributed by atoms with E-state index in [1.807, 2.05) is 31.2 Å². The Hall–Kier alpha value is -3.13. The molecule has 4 aromatic rings. The van der Waals surface area contributed by atoms with Crippen LogP contribution in [-0.2, 0) is 5.75 Å². The van der Waals surface area contributed by atoms with Gasteiger partial charge >= 0.3 is 0 Å². The summed E-state index contributed by atoms with van der Waals surface area (Å²) in [5.41, 5.74) is 2.03. The summed E-state index contributed by atoms with van der Waals surface area (Å²) >= 11 is 1.34. The number of oxazole rings is 1. The Labute approximate surface area is 164 Å². The zero-order valence-corrected chi connectivity index (χ0v) is 15.8. The van der Waals surface area contributed by atoms with Crippen molar-refractivity contribution in [2.45, 2.75) is 17.9 Å². The van der Waals surface area contributed by atoms with Crippen molar-refractivity contribution >= 4 is 11.8 Å². The second-order valence-corrected chi connectivity index (χ2v) is 6.67. The van der Waals surface area contributed by atoms with Gasteiger partial charge in [-0.05, 0) is 37.3 Å². The standard InChI is InChI=1S/C20H16FN3O3S/c1-2-25-17-9-4-3-8-16(17)19-23-24-20(27-19)28-12-15-11-26-18(22-15)13-6-5-7-14(21)10-13/h3-11H,2,12H2,1H3. The fraction of sp³-hybridized carbons (Fsp3) is 0.150. The Bertz CT molecular complexity index is 1080. The number of hydrogen-bond donors (Lipinski definition) is 0. The van der Waals surface area contributed by atoms with E-state index < -0.39 is 0 Å². The quantitative estimate of drug-likeness (QED) is 0.396. The monoisotopic (exact) mass is 397 g/mol. The van der Waals surface area contributed by atoms with Crippen LogP contribution < -0.4 is 4.74 Å². The van der Waals surface area contributed by atoms with E-state index in [0.29, 0.717) is 46.4 Å². The number of hydrogen-bond acceptors (Lipinski definition) is 7. The van der Waals surface area contributed by atoms with Crippen LogP contribution in [-0.4, -0.2) is 21.8 Å². The molecule has 0 N–H and O–H groups in total. The SMILES string of the molecule is CCOc1ccccc1-c1nnc(SCc2coc(-c3cccc(F)c3)n2)o1. The van der Waals surface area contributed by atoms with Gasteiger partial charge in [0.15, 0.2) is 0 Å². The van der Waals surface area contributed by atoms with E-state index in [9.17, 15) is 4.39 Å². The van der Waals surface area contributed by atoms with Gasteiger partial charge in [-0.2, -0.15) is 0 Å². The number of para-hydroxylation sites is 1. The van der Waals surface area contributed by atoms with Gasteiger partial charge in [0.2, 0.25) is 5.89 Å². The maximum absolute atomic E-state index is 13.3. The number of halogens is 1. The molecule has 142 valence electrons. The maximum atomic E-state index is 13.3. The van der Waals surface area contributed by atoms with E-state index in [4.69, 9.17) is 13.6 Å². The zero-order valence-electron chi connectivity index (χ0n) is 15.0. The first-order chi connectivity index (χ1) is 13.7. The van der Waals surface area contributed by atoms with Gasteiger partial charge in [-0.25, -0.2) is 9.37 Å². The number of nitrogens with zero attached hydrogens (tertiary/aromatic N) is 3. The van der Waals surface area contributed by atoms with Crippen LogP contribution in [0.25, 0.3) is 22.9 Å². The van der Waals surface area contributed by atoms with Crippen molar-refractivity contribution in [3.8, 4) is 28.7 Å². The predicted octanol–water partition coefficient (Wildman–Crippen LogP) is 5.22. The van der Waals surface area contributed by atoms with E-state index in [-0.39, 0.29) is 5.82 Å². The fourth-order valence-corrected chi connectivity index (χ4v) is 3.21. The van der Waals surface area contributed by atoms with Crippen LogP contribution in [0.5, 0.6) is 5.75 Å². The molecule has 0 aliphatic rings. The Morgan fingerprint density at radius 2 is 1.96 bits per heavy atom. The van der Waals surface area contributed by atoms with Crippen molar-refractivity contribution in [3.05, 3.63) is 66.3 Å². The minimum Gasteiger partial charge on any atom is -0.493 e. The van der Waals surface area contributed by atoms with Crippen LogP contribution in [0.4, 0.5) is 4.39 Å². The third-order valence-corrected chi connectivity index (χ3v) is 4.64. The molecule has 28 heavy (non-hydrogen) atoms. The van der Waals surface area contributed by atoms with Gasteiger partial charge in [0.1, 0.15) is 17.8 Å². The van der Waals surface area contributed by atoms with Crippen LogP contribution in [0.3, 0.4) is 0 Å². The van der Waals surface area contributed by atoms with E-state index in [2.05, 4.69) is 15.2 Å². The summed E-state index contributed by atoms with van der Waals surface area (Å²) in [7, 11) is 0. The van der Waals surface area contributed by atoms with Crippen LogP contribution in [0, 0.1) is 5.82 Å². The van der Waals surface area contributed by atoms with Crippen molar-refractivity contribution in [2.24, 2.45) is 0 Å². The molecule has 0 spiro atoms. The van der Waals surface area contributed by atoms with E-state index in [1.54, 1.807) is 12.1 Å². The fourth-order valence-electron chi connectivity index (χ4n) is 2.56. The van der Waals surface area contributed by atoms with Gasteiger partial charge in [-0.3, -0.25) is 0 Å². The number of benzene rings is 2. The maximum Gasteiger partial charge on any atom is 0.277 e. The lowest BCUT2D eigenvalue weighted by atomic mass is 10.2. The molecule has 0 bridgehead atoms. The molecule has 2 aromatic heterocycles. The lowest BCUT2D eigenvalue weighted by molar-refractivity contribution is 0.340. The molecule has 0 aliphatic heterocycles. The van der Waals surface area contributed by atoms with E-state index in [1.165, 1.54) is 30.2 Å². The van der Waals surface area contributed by atoms with Gasteiger partial charge in [0, 0.05) is 11.3 Å². The van der Waals surface area contributed by atoms with Crippen LogP contribution in [0.2, 0.25) is 0 Å². The molecule has 2 heterocycles. The first-order valence-electron chi connectivity index (χ1n) is 8.62. The highest BCUT2D eigenvalue weighted by molar-refractivity contribution is 7.98. The summed E-state index contributed by atoms with van der Waals surface area (Å²) in [5.74, 6) is 1.60. The molecule has 8 heteroatoms. The first kappa shape index (κ1) is 18.2. The summed E-state index contributed by atoms with van der Waals surface area (Å²) in [5, 5.41) is 8.58. The molecule has 6 nitrogen and oxygen atoms in total. The molecular weight excluding hydrogens is 381 g/mol. The second-order valence-electron chi connectivity index (χ2n) is 5.75. The predicted molar refractivity (Wildman–Crippen MR) is 102 cm³/mol. The molecular formula is C20H16FN3O3S. The molecule has 0 unspecified atom stereocenters. The zero-order chi connectivity index (χ0) is 19.3. The molecule has 2 aromatic carbocycles. The van der Waals surface area contributed by atoms with Gasteiger partial charge in [-0.15, -0.1) is 10.2 Å². The third kappa shape index (κ3) is 4.07. The summed E-state index contributed by atoms with van der Waals surface area (Å²) in [6.07, 6.45) is 1.54. The number of ether oxygens (including phenoxy) is 1. The third-order valence-electron chi connectivity index (χ3n) is 3.79. The lowest BCUT2D eigenvalue weighted by Crippen LogP contribution is -1.93. The minimum atomic E-state index is -0.336. The minimum absolute atomic E-state index is 0.336. The Kier molecular flexibility index (Phi) is 5.38. The van der Waals surface area contributed by atoms with Crippen molar-refractivity contribution in [3.63, 3.8) is 0 Å². The molecule has 0 aliphatic carbocycles. The highest BCUT2D eigenvalue weighted by Gasteiger charge is 2.15. The van der Waals surface area contributed by atoms with Crippen molar-refractivity contribution in [2.75, 3.05) is 6.61 Å². The highest BCUT2D eigenvalue weighted by Crippen LogP contribution is 2.31. The molecule has 0 fully saturated rings. The van der Waals surface area contributed by atoms with Gasteiger partial charge in [-0.1, -0.05) is 30.0 Å². The molecule has 0 radical (unpaired) electrons. The van der Waals surface area contributed by atoms with Crippen molar-refractivity contribution < 1.29 is 18.0 Å². The highest BCUT2D eigenvalue weighted by atomic mass is 32.2. The average molecular weight is 397 g/mol. The normalized spacial score (nSPS) is 10.9. The summed E-state index contributed by atoms with van der Waals surface area (Å²) < 4.78 is 30.1.